The highest BCUT2D eigenvalue weighted by atomic mass is 19.2. The summed E-state index contributed by atoms with van der Waals surface area (Å²) < 4.78 is 28.5. The fraction of sp³-hybridized carbons (Fsp3) is 0.263. The van der Waals surface area contributed by atoms with Crippen LogP contribution in [0.3, 0.4) is 0 Å². The maximum absolute atomic E-state index is 13.5. The van der Waals surface area contributed by atoms with Gasteiger partial charge in [0.05, 0.1) is 11.7 Å². The summed E-state index contributed by atoms with van der Waals surface area (Å²) in [6.07, 6.45) is 7.37. The Balaban J connectivity index is 1.57. The van der Waals surface area contributed by atoms with Crippen LogP contribution in [0.1, 0.15) is 30.1 Å². The zero-order chi connectivity index (χ0) is 17.2. The lowest BCUT2D eigenvalue weighted by Crippen LogP contribution is -2.23. The number of pyridine rings is 1. The Morgan fingerprint density at radius 2 is 2.04 bits per heavy atom. The van der Waals surface area contributed by atoms with Gasteiger partial charge >= 0.3 is 0 Å². The molecule has 0 amide bonds. The van der Waals surface area contributed by atoms with Crippen molar-refractivity contribution in [2.24, 2.45) is 0 Å². The molecular formula is C19H18F2N4. The van der Waals surface area contributed by atoms with E-state index in [9.17, 15) is 8.78 Å². The first-order valence-electron chi connectivity index (χ1n) is 8.34. The van der Waals surface area contributed by atoms with Gasteiger partial charge in [0.25, 0.3) is 0 Å². The van der Waals surface area contributed by atoms with E-state index in [0.717, 1.165) is 36.5 Å². The van der Waals surface area contributed by atoms with E-state index in [0.29, 0.717) is 6.54 Å². The van der Waals surface area contributed by atoms with Gasteiger partial charge in [-0.25, -0.2) is 18.7 Å². The molecular weight excluding hydrogens is 322 g/mol. The van der Waals surface area contributed by atoms with E-state index in [1.807, 2.05) is 29.0 Å². The lowest BCUT2D eigenvalue weighted by molar-refractivity contribution is 0.244. The number of likely N-dealkylation sites (tertiary alicyclic amines) is 1. The lowest BCUT2D eigenvalue weighted by atomic mass is 10.1. The smallest absolute Gasteiger partial charge is 0.159 e. The fourth-order valence-corrected chi connectivity index (χ4v) is 3.39. The van der Waals surface area contributed by atoms with Crippen LogP contribution in [0.5, 0.6) is 0 Å². The van der Waals surface area contributed by atoms with Gasteiger partial charge in [-0.1, -0.05) is 12.1 Å². The van der Waals surface area contributed by atoms with Gasteiger partial charge in [-0.15, -0.1) is 0 Å². The first-order chi connectivity index (χ1) is 12.2. The molecule has 1 aliphatic rings. The van der Waals surface area contributed by atoms with E-state index in [1.165, 1.54) is 12.1 Å². The van der Waals surface area contributed by atoms with Gasteiger partial charge in [-0.2, -0.15) is 0 Å². The second kappa shape index (κ2) is 6.72. The van der Waals surface area contributed by atoms with Crippen molar-refractivity contribution < 1.29 is 8.78 Å². The molecule has 1 atom stereocenters. The first kappa shape index (κ1) is 15.9. The van der Waals surface area contributed by atoms with Crippen LogP contribution in [-0.2, 0) is 6.54 Å². The standard InChI is InChI=1S/C19H18F2N4/c20-15-7-6-14(11-16(15)21)12-24-9-2-4-18(24)17-3-1-5-19(23-17)25-10-8-22-13-25/h1,3,5-8,10-11,13,18H,2,4,9,12H2. The molecule has 0 aliphatic carbocycles. The van der Waals surface area contributed by atoms with Gasteiger partial charge in [-0.3, -0.25) is 9.47 Å². The van der Waals surface area contributed by atoms with Gasteiger partial charge in [0.15, 0.2) is 11.6 Å². The monoisotopic (exact) mass is 340 g/mol. The Bertz CT molecular complexity index is 864. The maximum atomic E-state index is 13.5. The quantitative estimate of drug-likeness (QED) is 0.723. The molecule has 0 spiro atoms. The summed E-state index contributed by atoms with van der Waals surface area (Å²) >= 11 is 0. The Morgan fingerprint density at radius 3 is 2.84 bits per heavy atom. The molecule has 2 aromatic heterocycles. The zero-order valence-electron chi connectivity index (χ0n) is 13.6. The van der Waals surface area contributed by atoms with Crippen LogP contribution < -0.4 is 0 Å². The van der Waals surface area contributed by atoms with Crippen LogP contribution in [0.25, 0.3) is 5.82 Å². The number of aromatic nitrogens is 3. The van der Waals surface area contributed by atoms with Crippen LogP contribution in [0, 0.1) is 11.6 Å². The number of nitrogens with zero attached hydrogens (tertiary/aromatic N) is 4. The molecule has 6 heteroatoms. The summed E-state index contributed by atoms with van der Waals surface area (Å²) in [5, 5.41) is 0. The molecule has 0 bridgehead atoms. The predicted molar refractivity (Wildman–Crippen MR) is 90.1 cm³/mol. The normalized spacial score (nSPS) is 17.9. The van der Waals surface area contributed by atoms with Gasteiger partial charge in [-0.05, 0) is 49.2 Å². The average Bonchev–Trinajstić information content (AvgIpc) is 3.30. The van der Waals surface area contributed by atoms with E-state index in [4.69, 9.17) is 4.98 Å². The maximum Gasteiger partial charge on any atom is 0.159 e. The van der Waals surface area contributed by atoms with E-state index in [-0.39, 0.29) is 6.04 Å². The Hall–Kier alpha value is -2.60. The second-order valence-corrected chi connectivity index (χ2v) is 6.27. The van der Waals surface area contributed by atoms with Gasteiger partial charge in [0, 0.05) is 18.9 Å². The summed E-state index contributed by atoms with van der Waals surface area (Å²) in [6, 6.07) is 10.2. The summed E-state index contributed by atoms with van der Waals surface area (Å²) in [5.41, 5.74) is 1.77. The van der Waals surface area contributed by atoms with E-state index < -0.39 is 11.6 Å². The molecule has 1 saturated heterocycles. The minimum absolute atomic E-state index is 0.177. The zero-order valence-corrected chi connectivity index (χ0v) is 13.6. The van der Waals surface area contributed by atoms with Crippen LogP contribution in [0.4, 0.5) is 8.78 Å². The third-order valence-electron chi connectivity index (χ3n) is 4.60. The van der Waals surface area contributed by atoms with Crippen molar-refractivity contribution in [3.63, 3.8) is 0 Å². The number of benzene rings is 1. The van der Waals surface area contributed by atoms with Crippen LogP contribution in [-0.4, -0.2) is 26.0 Å². The molecule has 4 nitrogen and oxygen atoms in total. The molecule has 0 radical (unpaired) electrons. The molecule has 1 fully saturated rings. The summed E-state index contributed by atoms with van der Waals surface area (Å²) in [4.78, 5) is 11.1. The van der Waals surface area contributed by atoms with Crippen LogP contribution in [0.15, 0.2) is 55.1 Å². The van der Waals surface area contributed by atoms with E-state index >= 15 is 0 Å². The minimum atomic E-state index is -0.809. The van der Waals surface area contributed by atoms with Crippen molar-refractivity contribution in [2.45, 2.75) is 25.4 Å². The SMILES string of the molecule is Fc1ccc(CN2CCCC2c2cccc(-n3ccnc3)n2)cc1F. The van der Waals surface area contributed by atoms with Crippen molar-refractivity contribution in [3.05, 3.63) is 78.0 Å². The Morgan fingerprint density at radius 1 is 1.12 bits per heavy atom. The average molecular weight is 340 g/mol. The van der Waals surface area contributed by atoms with Crippen molar-refractivity contribution in [1.82, 2.24) is 19.4 Å². The predicted octanol–water partition coefficient (Wildman–Crippen LogP) is 3.88. The van der Waals surface area contributed by atoms with Crippen molar-refractivity contribution in [2.75, 3.05) is 6.54 Å². The second-order valence-electron chi connectivity index (χ2n) is 6.27. The summed E-state index contributed by atoms with van der Waals surface area (Å²) in [7, 11) is 0. The molecule has 1 aromatic carbocycles. The van der Waals surface area contributed by atoms with Crippen molar-refractivity contribution >= 4 is 0 Å². The number of hydrogen-bond acceptors (Lipinski definition) is 3. The summed E-state index contributed by atoms with van der Waals surface area (Å²) in [5.74, 6) is -0.778. The molecule has 25 heavy (non-hydrogen) atoms. The highest BCUT2D eigenvalue weighted by Gasteiger charge is 2.27. The minimum Gasteiger partial charge on any atom is -0.291 e. The van der Waals surface area contributed by atoms with Crippen LogP contribution in [0.2, 0.25) is 0 Å². The van der Waals surface area contributed by atoms with Crippen LogP contribution >= 0.6 is 0 Å². The van der Waals surface area contributed by atoms with Gasteiger partial charge in [0.2, 0.25) is 0 Å². The Kier molecular flexibility index (Phi) is 4.28. The topological polar surface area (TPSA) is 34.0 Å². The van der Waals surface area contributed by atoms with E-state index in [2.05, 4.69) is 9.88 Å². The Labute approximate surface area is 144 Å². The number of hydrogen-bond donors (Lipinski definition) is 0. The molecule has 3 heterocycles. The molecule has 3 aromatic rings. The lowest BCUT2D eigenvalue weighted by Gasteiger charge is -2.24. The molecule has 4 rings (SSSR count). The first-order valence-corrected chi connectivity index (χ1v) is 8.34. The molecule has 0 saturated carbocycles. The fourth-order valence-electron chi connectivity index (χ4n) is 3.39. The molecule has 1 aliphatic heterocycles. The highest BCUT2D eigenvalue weighted by molar-refractivity contribution is 5.26. The summed E-state index contributed by atoms with van der Waals surface area (Å²) in [6.45, 7) is 1.50. The number of halogens is 2. The third-order valence-corrected chi connectivity index (χ3v) is 4.60. The number of imidazole rings is 1. The molecule has 128 valence electrons. The van der Waals surface area contributed by atoms with Gasteiger partial charge in [0.1, 0.15) is 12.1 Å². The molecule has 1 unspecified atom stereocenters. The van der Waals surface area contributed by atoms with E-state index in [1.54, 1.807) is 18.6 Å². The van der Waals surface area contributed by atoms with Gasteiger partial charge < -0.3 is 0 Å². The molecule has 0 N–H and O–H groups in total. The van der Waals surface area contributed by atoms with Crippen molar-refractivity contribution in [1.29, 1.82) is 0 Å². The largest absolute Gasteiger partial charge is 0.291 e. The van der Waals surface area contributed by atoms with Crippen molar-refractivity contribution in [3.8, 4) is 5.82 Å². The highest BCUT2D eigenvalue weighted by Crippen LogP contribution is 2.32. The number of rotatable bonds is 4. The third kappa shape index (κ3) is 3.30.